The summed E-state index contributed by atoms with van der Waals surface area (Å²) < 4.78 is 43.3. The maximum Gasteiger partial charge on any atom is 0.114 e. The van der Waals surface area contributed by atoms with E-state index in [1.54, 1.807) is 10.6 Å². The second-order valence-electron chi connectivity index (χ2n) is 12.3. The Morgan fingerprint density at radius 1 is 0.490 bits per heavy atom. The van der Waals surface area contributed by atoms with Gasteiger partial charge in [0.2, 0.25) is 0 Å². The second kappa shape index (κ2) is 12.1. The van der Waals surface area contributed by atoms with Gasteiger partial charge in [-0.3, -0.25) is 4.57 Å². The van der Waals surface area contributed by atoms with Crippen molar-refractivity contribution in [2.45, 2.75) is 13.2 Å². The van der Waals surface area contributed by atoms with Crippen molar-refractivity contribution in [3.63, 3.8) is 0 Å². The average Bonchev–Trinajstić information content (AvgIpc) is 3.60. The molecule has 0 aliphatic rings. The van der Waals surface area contributed by atoms with Crippen LogP contribution in [0.15, 0.2) is 176 Å². The van der Waals surface area contributed by atoms with E-state index in [-0.39, 0.29) is 5.82 Å². The molecular formula is C47H34N2. The fourth-order valence-electron chi connectivity index (χ4n) is 7.32. The SMILES string of the molecule is [2H]C([2H])([2H])C([2H])([2H])c1nc2ccccc2n1-c1ccccc1-c1ccc(-c2c3ccccc3c(-c3cccc(-c4ccccc4)c3)c3ccccc23)cc1. The van der Waals surface area contributed by atoms with Crippen molar-refractivity contribution in [1.82, 2.24) is 9.55 Å². The van der Waals surface area contributed by atoms with E-state index in [4.69, 9.17) is 6.85 Å². The summed E-state index contributed by atoms with van der Waals surface area (Å²) >= 11 is 0. The van der Waals surface area contributed by atoms with Crippen LogP contribution in [0.3, 0.4) is 0 Å². The minimum Gasteiger partial charge on any atom is -0.296 e. The van der Waals surface area contributed by atoms with Crippen LogP contribution in [0.2, 0.25) is 0 Å². The van der Waals surface area contributed by atoms with Crippen LogP contribution in [0, 0.1) is 0 Å². The Balaban J connectivity index is 1.20. The van der Waals surface area contributed by atoms with Gasteiger partial charge in [0.05, 0.1) is 16.7 Å². The summed E-state index contributed by atoms with van der Waals surface area (Å²) in [4.78, 5) is 4.55. The molecule has 232 valence electrons. The van der Waals surface area contributed by atoms with Crippen LogP contribution >= 0.6 is 0 Å². The van der Waals surface area contributed by atoms with Crippen molar-refractivity contribution in [3.05, 3.63) is 182 Å². The fraction of sp³-hybridized carbons (Fsp3) is 0.0426. The highest BCUT2D eigenvalue weighted by molar-refractivity contribution is 6.21. The van der Waals surface area contributed by atoms with Crippen LogP contribution in [0.5, 0.6) is 0 Å². The average molecular weight is 632 g/mol. The molecule has 2 heteroatoms. The van der Waals surface area contributed by atoms with Crippen molar-refractivity contribution in [2.75, 3.05) is 0 Å². The van der Waals surface area contributed by atoms with Gasteiger partial charge in [0.1, 0.15) is 5.82 Å². The summed E-state index contributed by atoms with van der Waals surface area (Å²) in [6.07, 6.45) is -2.69. The zero-order valence-electron chi connectivity index (χ0n) is 31.6. The first kappa shape index (κ1) is 24.0. The van der Waals surface area contributed by atoms with Crippen LogP contribution in [0.4, 0.5) is 0 Å². The van der Waals surface area contributed by atoms with Gasteiger partial charge in [0.25, 0.3) is 0 Å². The lowest BCUT2D eigenvalue weighted by Crippen LogP contribution is -2.02. The third kappa shape index (κ3) is 4.92. The Kier molecular flexibility index (Phi) is 5.91. The minimum absolute atomic E-state index is 0.153. The maximum atomic E-state index is 8.71. The van der Waals surface area contributed by atoms with E-state index in [2.05, 4.69) is 126 Å². The standard InChI is InChI=1S/C47H34N2/c1-2-45-48-42-24-11-13-26-44(42)49(45)43-25-12-10-19-37(43)33-27-29-34(30-28-33)46-38-20-6-8-22-40(38)47(41-23-9-7-21-39(41)46)36-18-14-17-35(31-36)32-15-4-3-5-16-32/h3-31H,2H2,1H3/i1D3,2D2. The first-order valence-corrected chi connectivity index (χ1v) is 16.5. The monoisotopic (exact) mass is 631 g/mol. The number of aryl methyl sites for hydroxylation is 1. The molecule has 0 radical (unpaired) electrons. The molecular weight excluding hydrogens is 593 g/mol. The quantitative estimate of drug-likeness (QED) is 0.167. The Morgan fingerprint density at radius 3 is 1.76 bits per heavy atom. The molecule has 1 heterocycles. The van der Waals surface area contributed by atoms with E-state index in [0.29, 0.717) is 16.7 Å². The van der Waals surface area contributed by atoms with Gasteiger partial charge in [-0.1, -0.05) is 159 Å². The Morgan fingerprint density at radius 2 is 1.04 bits per heavy atom. The van der Waals surface area contributed by atoms with Crippen LogP contribution in [-0.4, -0.2) is 9.55 Å². The van der Waals surface area contributed by atoms with E-state index < -0.39 is 13.2 Å². The minimum atomic E-state index is -2.92. The van der Waals surface area contributed by atoms with Crippen LogP contribution < -0.4 is 0 Å². The number of aromatic nitrogens is 2. The van der Waals surface area contributed by atoms with E-state index >= 15 is 0 Å². The largest absolute Gasteiger partial charge is 0.296 e. The topological polar surface area (TPSA) is 17.8 Å². The molecule has 0 saturated heterocycles. The number of nitrogens with zero attached hydrogens (tertiary/aromatic N) is 2. The Bertz CT molecular complexity index is 2780. The molecule has 49 heavy (non-hydrogen) atoms. The number of para-hydroxylation sites is 3. The fourth-order valence-corrected chi connectivity index (χ4v) is 7.32. The molecule has 0 aliphatic heterocycles. The number of fused-ring (bicyclic) bond motifs is 3. The van der Waals surface area contributed by atoms with Gasteiger partial charge in [0.15, 0.2) is 0 Å². The number of hydrogen-bond acceptors (Lipinski definition) is 1. The molecule has 0 aliphatic carbocycles. The molecule has 0 amide bonds. The van der Waals surface area contributed by atoms with Crippen molar-refractivity contribution < 1.29 is 6.85 Å². The summed E-state index contributed by atoms with van der Waals surface area (Å²) in [5.41, 5.74) is 10.5. The van der Waals surface area contributed by atoms with Gasteiger partial charge in [-0.05, 0) is 84.8 Å². The van der Waals surface area contributed by atoms with E-state index in [9.17, 15) is 0 Å². The molecule has 1 aromatic heterocycles. The second-order valence-corrected chi connectivity index (χ2v) is 12.3. The molecule has 0 unspecified atom stereocenters. The zero-order chi connectivity index (χ0) is 37.0. The lowest BCUT2D eigenvalue weighted by molar-refractivity contribution is 0.909. The molecule has 0 saturated carbocycles. The smallest absolute Gasteiger partial charge is 0.114 e. The Hall–Kier alpha value is -6.25. The van der Waals surface area contributed by atoms with Gasteiger partial charge in [0, 0.05) is 18.8 Å². The van der Waals surface area contributed by atoms with Crippen LogP contribution in [0.25, 0.3) is 82.8 Å². The first-order valence-electron chi connectivity index (χ1n) is 19.0. The van der Waals surface area contributed by atoms with Crippen LogP contribution in [0.1, 0.15) is 19.5 Å². The summed E-state index contributed by atoms with van der Waals surface area (Å²) in [7, 11) is 0. The maximum absolute atomic E-state index is 8.71. The van der Waals surface area contributed by atoms with Crippen molar-refractivity contribution in [1.29, 1.82) is 0 Å². The van der Waals surface area contributed by atoms with Crippen LogP contribution in [-0.2, 0) is 6.37 Å². The number of rotatable bonds is 6. The molecule has 9 aromatic rings. The summed E-state index contributed by atoms with van der Waals surface area (Å²) in [6, 6.07) is 60.0. The summed E-state index contributed by atoms with van der Waals surface area (Å²) in [6.45, 7) is -2.92. The van der Waals surface area contributed by atoms with Crippen molar-refractivity contribution in [3.8, 4) is 50.2 Å². The number of imidazole rings is 1. The molecule has 0 atom stereocenters. The van der Waals surface area contributed by atoms with E-state index in [0.717, 1.165) is 38.6 Å². The summed E-state index contributed by atoms with van der Waals surface area (Å²) in [5, 5.41) is 4.67. The van der Waals surface area contributed by atoms with Gasteiger partial charge < -0.3 is 0 Å². The molecule has 8 aromatic carbocycles. The third-order valence-electron chi connectivity index (χ3n) is 9.49. The molecule has 0 spiro atoms. The number of benzene rings is 8. The highest BCUT2D eigenvalue weighted by Crippen LogP contribution is 2.44. The van der Waals surface area contributed by atoms with E-state index in [1.807, 2.05) is 48.5 Å². The molecule has 9 rings (SSSR count). The third-order valence-corrected chi connectivity index (χ3v) is 9.49. The Labute approximate surface area is 293 Å². The zero-order valence-corrected chi connectivity index (χ0v) is 26.6. The highest BCUT2D eigenvalue weighted by Gasteiger charge is 2.18. The molecule has 0 bridgehead atoms. The first-order chi connectivity index (χ1) is 26.2. The highest BCUT2D eigenvalue weighted by atomic mass is 15.1. The summed E-state index contributed by atoms with van der Waals surface area (Å²) in [5.74, 6) is -0.153. The van der Waals surface area contributed by atoms with Gasteiger partial charge in [-0.25, -0.2) is 4.98 Å². The lowest BCUT2D eigenvalue weighted by Gasteiger charge is -2.19. The molecule has 0 N–H and O–H groups in total. The van der Waals surface area contributed by atoms with Gasteiger partial charge >= 0.3 is 0 Å². The predicted molar refractivity (Wildman–Crippen MR) is 207 cm³/mol. The normalized spacial score (nSPS) is 13.5. The molecule has 0 fully saturated rings. The van der Waals surface area contributed by atoms with Gasteiger partial charge in [-0.2, -0.15) is 0 Å². The van der Waals surface area contributed by atoms with E-state index in [1.165, 1.54) is 27.5 Å². The van der Waals surface area contributed by atoms with Crippen molar-refractivity contribution >= 4 is 32.6 Å². The van der Waals surface area contributed by atoms with Crippen molar-refractivity contribution in [2.24, 2.45) is 0 Å². The lowest BCUT2D eigenvalue weighted by atomic mass is 9.85. The molecule has 2 nitrogen and oxygen atoms in total. The number of hydrogen-bond donors (Lipinski definition) is 0. The predicted octanol–water partition coefficient (Wildman–Crippen LogP) is 12.6. The van der Waals surface area contributed by atoms with Gasteiger partial charge in [-0.15, -0.1) is 0 Å².